The third kappa shape index (κ3) is 2.62. The van der Waals surface area contributed by atoms with Crippen LogP contribution in [-0.4, -0.2) is 4.98 Å². The maximum absolute atomic E-state index is 13.3. The zero-order valence-corrected chi connectivity index (χ0v) is 9.21. The summed E-state index contributed by atoms with van der Waals surface area (Å²) in [6.07, 6.45) is 0.846. The molecule has 17 heavy (non-hydrogen) atoms. The molecule has 3 nitrogen and oxygen atoms in total. The minimum Gasteiger partial charge on any atom is -0.434 e. The molecule has 2 N–H and O–H groups in total. The van der Waals surface area contributed by atoms with Crippen molar-refractivity contribution in [1.29, 1.82) is 0 Å². The van der Waals surface area contributed by atoms with Gasteiger partial charge in [0.1, 0.15) is 5.82 Å². The number of ether oxygens (including phenoxy) is 1. The lowest BCUT2D eigenvalue weighted by Gasteiger charge is -2.08. The molecule has 0 bridgehead atoms. The molecule has 2 aromatic rings. The lowest BCUT2D eigenvalue weighted by molar-refractivity contribution is 0.418. The van der Waals surface area contributed by atoms with E-state index >= 15 is 0 Å². The van der Waals surface area contributed by atoms with Gasteiger partial charge in [-0.3, -0.25) is 0 Å². The Labute approximate surface area is 101 Å². The highest BCUT2D eigenvalue weighted by atomic mass is 35.5. The van der Waals surface area contributed by atoms with Crippen molar-refractivity contribution >= 4 is 17.3 Å². The number of nitrogens with zero attached hydrogens (tertiary/aromatic N) is 1. The molecule has 88 valence electrons. The lowest BCUT2D eigenvalue weighted by atomic mass is 10.3. The summed E-state index contributed by atoms with van der Waals surface area (Å²) in [6.45, 7) is 0. The molecular formula is C11H7ClF2N2O. The topological polar surface area (TPSA) is 48.1 Å². The number of aromatic nitrogens is 1. The minimum absolute atomic E-state index is 0.163. The molecule has 0 spiro atoms. The smallest absolute Gasteiger partial charge is 0.256 e. The zero-order valence-electron chi connectivity index (χ0n) is 8.45. The third-order valence-corrected chi connectivity index (χ3v) is 2.19. The van der Waals surface area contributed by atoms with Gasteiger partial charge < -0.3 is 10.5 Å². The molecule has 0 aliphatic rings. The molecule has 1 aromatic carbocycles. The Bertz CT molecular complexity index is 563. The van der Waals surface area contributed by atoms with Crippen LogP contribution in [0.25, 0.3) is 0 Å². The van der Waals surface area contributed by atoms with Crippen molar-refractivity contribution in [2.24, 2.45) is 0 Å². The van der Waals surface area contributed by atoms with E-state index in [0.29, 0.717) is 11.1 Å². The van der Waals surface area contributed by atoms with Crippen LogP contribution in [0.4, 0.5) is 14.5 Å². The Hall–Kier alpha value is -1.88. The molecule has 1 heterocycles. The molecule has 6 heteroatoms. The van der Waals surface area contributed by atoms with Crippen LogP contribution in [0.2, 0.25) is 5.02 Å². The van der Waals surface area contributed by atoms with Crippen molar-refractivity contribution in [3.8, 4) is 11.6 Å². The maximum atomic E-state index is 13.3. The summed E-state index contributed by atoms with van der Waals surface area (Å²) in [5, 5.41) is 0.386. The van der Waals surface area contributed by atoms with Crippen LogP contribution in [-0.2, 0) is 0 Å². The molecule has 0 atom stereocenters. The van der Waals surface area contributed by atoms with E-state index in [9.17, 15) is 8.78 Å². The average molecular weight is 257 g/mol. The number of pyridine rings is 1. The summed E-state index contributed by atoms with van der Waals surface area (Å²) in [6, 6.07) is 5.17. The molecular weight excluding hydrogens is 250 g/mol. The summed E-state index contributed by atoms with van der Waals surface area (Å²) >= 11 is 5.74. The SMILES string of the molecule is Nc1ccc(Cl)cc1Oc1ncc(F)cc1F. The monoisotopic (exact) mass is 256 g/mol. The fraction of sp³-hybridized carbons (Fsp3) is 0. The van der Waals surface area contributed by atoms with Gasteiger partial charge in [-0.15, -0.1) is 0 Å². The Balaban J connectivity index is 2.34. The predicted octanol–water partition coefficient (Wildman–Crippen LogP) is 3.39. The number of rotatable bonds is 2. The van der Waals surface area contributed by atoms with Crippen molar-refractivity contribution in [1.82, 2.24) is 4.98 Å². The van der Waals surface area contributed by atoms with Gasteiger partial charge in [-0.25, -0.2) is 13.8 Å². The van der Waals surface area contributed by atoms with Crippen LogP contribution in [0.1, 0.15) is 0 Å². The molecule has 0 aliphatic heterocycles. The van der Waals surface area contributed by atoms with Gasteiger partial charge in [0.05, 0.1) is 11.9 Å². The minimum atomic E-state index is -0.913. The Morgan fingerprint density at radius 3 is 2.71 bits per heavy atom. The van der Waals surface area contributed by atoms with Crippen molar-refractivity contribution in [2.75, 3.05) is 5.73 Å². The fourth-order valence-corrected chi connectivity index (χ4v) is 1.34. The molecule has 0 radical (unpaired) electrons. The van der Waals surface area contributed by atoms with Crippen LogP contribution in [0, 0.1) is 11.6 Å². The lowest BCUT2D eigenvalue weighted by Crippen LogP contribution is -1.96. The van der Waals surface area contributed by atoms with E-state index in [1.165, 1.54) is 12.1 Å². The van der Waals surface area contributed by atoms with E-state index in [-0.39, 0.29) is 17.3 Å². The molecule has 0 saturated heterocycles. The van der Waals surface area contributed by atoms with Crippen LogP contribution in [0.15, 0.2) is 30.5 Å². The first-order chi connectivity index (χ1) is 8.06. The van der Waals surface area contributed by atoms with Gasteiger partial charge in [0.2, 0.25) is 0 Å². The first-order valence-electron chi connectivity index (χ1n) is 4.60. The van der Waals surface area contributed by atoms with Gasteiger partial charge in [-0.05, 0) is 12.1 Å². The van der Waals surface area contributed by atoms with Gasteiger partial charge in [0.25, 0.3) is 5.88 Å². The van der Waals surface area contributed by atoms with Crippen LogP contribution in [0.5, 0.6) is 11.6 Å². The predicted molar refractivity (Wildman–Crippen MR) is 60.1 cm³/mol. The van der Waals surface area contributed by atoms with Crippen LogP contribution < -0.4 is 10.5 Å². The van der Waals surface area contributed by atoms with Crippen molar-refractivity contribution < 1.29 is 13.5 Å². The first-order valence-corrected chi connectivity index (χ1v) is 4.98. The number of benzene rings is 1. The standard InChI is InChI=1S/C11H7ClF2N2O/c12-6-1-2-9(15)10(3-6)17-11-8(14)4-7(13)5-16-11/h1-5H,15H2. The summed E-state index contributed by atoms with van der Waals surface area (Å²) in [4.78, 5) is 3.47. The Kier molecular flexibility index (Phi) is 3.10. The van der Waals surface area contributed by atoms with Gasteiger partial charge in [-0.2, -0.15) is 0 Å². The molecule has 2 rings (SSSR count). The van der Waals surface area contributed by atoms with E-state index in [4.69, 9.17) is 22.1 Å². The maximum Gasteiger partial charge on any atom is 0.256 e. The van der Waals surface area contributed by atoms with Gasteiger partial charge in [0.15, 0.2) is 11.6 Å². The van der Waals surface area contributed by atoms with Gasteiger partial charge >= 0.3 is 0 Å². The highest BCUT2D eigenvalue weighted by Crippen LogP contribution is 2.30. The van der Waals surface area contributed by atoms with Crippen molar-refractivity contribution in [2.45, 2.75) is 0 Å². The van der Waals surface area contributed by atoms with Gasteiger partial charge in [-0.1, -0.05) is 11.6 Å². The van der Waals surface area contributed by atoms with E-state index in [0.717, 1.165) is 6.20 Å². The number of hydrogen-bond acceptors (Lipinski definition) is 3. The van der Waals surface area contributed by atoms with Gasteiger partial charge in [0, 0.05) is 17.2 Å². The summed E-state index contributed by atoms with van der Waals surface area (Å²) in [7, 11) is 0. The Morgan fingerprint density at radius 1 is 1.24 bits per heavy atom. The second-order valence-electron chi connectivity index (χ2n) is 3.22. The summed E-state index contributed by atoms with van der Waals surface area (Å²) < 4.78 is 31.0. The van der Waals surface area contributed by atoms with E-state index in [2.05, 4.69) is 4.98 Å². The number of nitrogens with two attached hydrogens (primary N) is 1. The molecule has 0 aliphatic carbocycles. The fourth-order valence-electron chi connectivity index (χ4n) is 1.18. The molecule has 0 amide bonds. The zero-order chi connectivity index (χ0) is 12.4. The average Bonchev–Trinajstić information content (AvgIpc) is 2.27. The van der Waals surface area contributed by atoms with E-state index < -0.39 is 11.6 Å². The quantitative estimate of drug-likeness (QED) is 0.838. The Morgan fingerprint density at radius 2 is 2.00 bits per heavy atom. The highest BCUT2D eigenvalue weighted by Gasteiger charge is 2.10. The number of nitrogen functional groups attached to an aromatic ring is 1. The molecule has 1 aromatic heterocycles. The molecule has 0 fully saturated rings. The first kappa shape index (κ1) is 11.6. The number of anilines is 1. The van der Waals surface area contributed by atoms with Crippen LogP contribution >= 0.6 is 11.6 Å². The molecule has 0 unspecified atom stereocenters. The number of hydrogen-bond donors (Lipinski definition) is 1. The number of halogens is 3. The summed E-state index contributed by atoms with van der Waals surface area (Å²) in [5.41, 5.74) is 5.89. The van der Waals surface area contributed by atoms with Crippen molar-refractivity contribution in [3.63, 3.8) is 0 Å². The largest absolute Gasteiger partial charge is 0.434 e. The third-order valence-electron chi connectivity index (χ3n) is 1.96. The van der Waals surface area contributed by atoms with E-state index in [1.807, 2.05) is 0 Å². The highest BCUT2D eigenvalue weighted by molar-refractivity contribution is 6.30. The summed E-state index contributed by atoms with van der Waals surface area (Å²) in [5.74, 6) is -1.89. The van der Waals surface area contributed by atoms with Crippen LogP contribution in [0.3, 0.4) is 0 Å². The normalized spacial score (nSPS) is 10.3. The second kappa shape index (κ2) is 4.55. The van der Waals surface area contributed by atoms with Crippen molar-refractivity contribution in [3.05, 3.63) is 47.1 Å². The second-order valence-corrected chi connectivity index (χ2v) is 3.66. The molecule has 0 saturated carbocycles. The van der Waals surface area contributed by atoms with E-state index in [1.54, 1.807) is 6.07 Å².